The fourth-order valence-electron chi connectivity index (χ4n) is 3.32. The normalized spacial score (nSPS) is 18.4. The van der Waals surface area contributed by atoms with E-state index in [0.717, 1.165) is 16.8 Å². The summed E-state index contributed by atoms with van der Waals surface area (Å²) in [7, 11) is -1.82. The maximum Gasteiger partial charge on any atom is 0.228 e. The smallest absolute Gasteiger partial charge is 0.228 e. The quantitative estimate of drug-likeness (QED) is 0.892. The highest BCUT2D eigenvalue weighted by Gasteiger charge is 2.36. The second-order valence-corrected chi connectivity index (χ2v) is 7.84. The summed E-state index contributed by atoms with van der Waals surface area (Å²) in [6.07, 6.45) is 0.175. The van der Waals surface area contributed by atoms with Gasteiger partial charge in [0.05, 0.1) is 11.4 Å². The fourth-order valence-corrected chi connectivity index (χ4v) is 4.21. The summed E-state index contributed by atoms with van der Waals surface area (Å²) in [5.41, 5.74) is 2.69. The third-order valence-corrected chi connectivity index (χ3v) is 5.12. The topological polar surface area (TPSA) is 98.3 Å². The minimum Gasteiger partial charge on any atom is -0.296 e. The number of aryl methyl sites for hydroxylation is 2. The van der Waals surface area contributed by atoms with Crippen LogP contribution >= 0.6 is 0 Å². The zero-order valence-electron chi connectivity index (χ0n) is 13.6. The molecule has 24 heavy (non-hydrogen) atoms. The number of primary sulfonamides is 1. The molecule has 2 N–H and O–H groups in total. The highest BCUT2D eigenvalue weighted by Crippen LogP contribution is 2.36. The van der Waals surface area contributed by atoms with Gasteiger partial charge in [-0.2, -0.15) is 5.10 Å². The van der Waals surface area contributed by atoms with E-state index in [1.54, 1.807) is 16.6 Å². The van der Waals surface area contributed by atoms with E-state index in [0.29, 0.717) is 12.4 Å². The van der Waals surface area contributed by atoms with Gasteiger partial charge in [-0.3, -0.25) is 14.4 Å². The summed E-state index contributed by atoms with van der Waals surface area (Å²) in [5, 5.41) is 9.57. The Bertz CT molecular complexity index is 874. The van der Waals surface area contributed by atoms with Crippen LogP contribution in [0.15, 0.2) is 30.3 Å². The molecule has 1 aromatic carbocycles. The maximum absolute atomic E-state index is 12.5. The van der Waals surface area contributed by atoms with E-state index in [2.05, 4.69) is 5.10 Å². The van der Waals surface area contributed by atoms with Crippen molar-refractivity contribution in [1.82, 2.24) is 9.78 Å². The molecule has 128 valence electrons. The molecule has 1 atom stereocenters. The monoisotopic (exact) mass is 348 g/mol. The van der Waals surface area contributed by atoms with Crippen LogP contribution in [-0.4, -0.2) is 36.4 Å². The van der Waals surface area contributed by atoms with Gasteiger partial charge in [0.15, 0.2) is 0 Å². The van der Waals surface area contributed by atoms with E-state index in [-0.39, 0.29) is 24.0 Å². The molecule has 1 unspecified atom stereocenters. The van der Waals surface area contributed by atoms with E-state index < -0.39 is 10.0 Å². The van der Waals surface area contributed by atoms with Crippen molar-refractivity contribution in [1.29, 1.82) is 0 Å². The molecule has 2 heterocycles. The summed E-state index contributed by atoms with van der Waals surface area (Å²) in [5.74, 6) is 0.100. The van der Waals surface area contributed by atoms with Gasteiger partial charge in [0, 0.05) is 31.5 Å². The average molecular weight is 348 g/mol. The van der Waals surface area contributed by atoms with Gasteiger partial charge in [0.25, 0.3) is 0 Å². The molecule has 0 spiro atoms. The van der Waals surface area contributed by atoms with Crippen LogP contribution in [-0.2, 0) is 21.9 Å². The number of benzene rings is 1. The van der Waals surface area contributed by atoms with Crippen LogP contribution in [0, 0.1) is 12.8 Å². The van der Waals surface area contributed by atoms with Crippen LogP contribution < -0.4 is 10.0 Å². The zero-order chi connectivity index (χ0) is 17.5. The molecule has 3 rings (SSSR count). The molecule has 1 aromatic heterocycles. The standard InChI is InChI=1S/C16H20N4O3S/c1-11-15(13-6-4-3-5-7-13)16(19(2)18-11)20-9-12(8-14(20)21)10-24(17,22)23/h3-7,12H,8-10H2,1-2H3,(H2,17,22,23). The van der Waals surface area contributed by atoms with Crippen molar-refractivity contribution in [2.45, 2.75) is 13.3 Å². The Morgan fingerprint density at radius 3 is 2.58 bits per heavy atom. The highest BCUT2D eigenvalue weighted by molar-refractivity contribution is 7.89. The van der Waals surface area contributed by atoms with Crippen LogP contribution in [0.3, 0.4) is 0 Å². The molecule has 8 heteroatoms. The maximum atomic E-state index is 12.5. The molecule has 1 saturated heterocycles. The minimum atomic E-state index is -3.61. The van der Waals surface area contributed by atoms with Gasteiger partial charge in [-0.15, -0.1) is 0 Å². The van der Waals surface area contributed by atoms with E-state index in [4.69, 9.17) is 5.14 Å². The first kappa shape index (κ1) is 16.7. The summed E-state index contributed by atoms with van der Waals surface area (Å²) in [6.45, 7) is 2.22. The van der Waals surface area contributed by atoms with Gasteiger partial charge < -0.3 is 0 Å². The summed E-state index contributed by atoms with van der Waals surface area (Å²) in [4.78, 5) is 14.1. The van der Waals surface area contributed by atoms with Gasteiger partial charge in [-0.05, 0) is 12.5 Å². The van der Waals surface area contributed by atoms with E-state index in [9.17, 15) is 13.2 Å². The number of hydrogen-bond acceptors (Lipinski definition) is 4. The van der Waals surface area contributed by atoms with E-state index in [1.807, 2.05) is 37.3 Å². The lowest BCUT2D eigenvalue weighted by Crippen LogP contribution is -2.29. The number of sulfonamides is 1. The molecule has 7 nitrogen and oxygen atoms in total. The van der Waals surface area contributed by atoms with Crippen LogP contribution in [0.4, 0.5) is 5.82 Å². The number of rotatable bonds is 4. The Kier molecular flexibility index (Phi) is 4.18. The first-order chi connectivity index (χ1) is 11.3. The number of amides is 1. The molecule has 2 aromatic rings. The first-order valence-corrected chi connectivity index (χ1v) is 9.37. The predicted molar refractivity (Wildman–Crippen MR) is 91.8 cm³/mol. The zero-order valence-corrected chi connectivity index (χ0v) is 14.5. The summed E-state index contributed by atoms with van der Waals surface area (Å²) in [6, 6.07) is 9.73. The van der Waals surface area contributed by atoms with Gasteiger partial charge in [-0.25, -0.2) is 13.6 Å². The predicted octanol–water partition coefficient (Wildman–Crippen LogP) is 1.04. The van der Waals surface area contributed by atoms with Gasteiger partial charge in [0.1, 0.15) is 5.82 Å². The number of carbonyl (C=O) groups is 1. The highest BCUT2D eigenvalue weighted by atomic mass is 32.2. The lowest BCUT2D eigenvalue weighted by atomic mass is 10.1. The third kappa shape index (κ3) is 3.20. The van der Waals surface area contributed by atoms with E-state index >= 15 is 0 Å². The number of nitrogens with two attached hydrogens (primary N) is 1. The van der Waals surface area contributed by atoms with Crippen LogP contribution in [0.1, 0.15) is 12.1 Å². The van der Waals surface area contributed by atoms with Crippen LogP contribution in [0.25, 0.3) is 11.1 Å². The van der Waals surface area contributed by atoms with Gasteiger partial charge in [-0.1, -0.05) is 30.3 Å². The molecule has 1 aliphatic rings. The molecule has 0 aliphatic carbocycles. The van der Waals surface area contributed by atoms with Crippen molar-refractivity contribution >= 4 is 21.7 Å². The molecule has 1 aliphatic heterocycles. The first-order valence-electron chi connectivity index (χ1n) is 7.66. The second kappa shape index (κ2) is 6.03. The largest absolute Gasteiger partial charge is 0.296 e. The van der Waals surface area contributed by atoms with Crippen molar-refractivity contribution in [2.24, 2.45) is 18.1 Å². The Morgan fingerprint density at radius 1 is 1.29 bits per heavy atom. The Hall–Kier alpha value is -2.19. The lowest BCUT2D eigenvalue weighted by Gasteiger charge is -2.19. The SMILES string of the molecule is Cc1nn(C)c(N2CC(CS(N)(=O)=O)CC2=O)c1-c1ccccc1. The van der Waals surface area contributed by atoms with Crippen LogP contribution in [0.2, 0.25) is 0 Å². The number of hydrogen-bond donors (Lipinski definition) is 1. The van der Waals surface area contributed by atoms with Crippen molar-refractivity contribution in [3.63, 3.8) is 0 Å². The van der Waals surface area contributed by atoms with Crippen molar-refractivity contribution < 1.29 is 13.2 Å². The Morgan fingerprint density at radius 2 is 1.96 bits per heavy atom. The molecule has 0 radical (unpaired) electrons. The van der Waals surface area contributed by atoms with Gasteiger partial charge in [0.2, 0.25) is 15.9 Å². The minimum absolute atomic E-state index is 0.108. The average Bonchev–Trinajstić information content (AvgIpc) is 2.97. The number of carbonyl (C=O) groups excluding carboxylic acids is 1. The van der Waals surface area contributed by atoms with Crippen molar-refractivity contribution in [2.75, 3.05) is 17.2 Å². The summed E-state index contributed by atoms with van der Waals surface area (Å²) >= 11 is 0. The van der Waals surface area contributed by atoms with Crippen molar-refractivity contribution in [3.05, 3.63) is 36.0 Å². The Labute approximate surface area is 141 Å². The molecule has 0 saturated carbocycles. The summed E-state index contributed by atoms with van der Waals surface area (Å²) < 4.78 is 24.3. The fraction of sp³-hybridized carbons (Fsp3) is 0.375. The Balaban J connectivity index is 2.00. The molecular weight excluding hydrogens is 328 g/mol. The van der Waals surface area contributed by atoms with Crippen molar-refractivity contribution in [3.8, 4) is 11.1 Å². The van der Waals surface area contributed by atoms with E-state index in [1.165, 1.54) is 0 Å². The lowest BCUT2D eigenvalue weighted by molar-refractivity contribution is -0.117. The molecular formula is C16H20N4O3S. The number of nitrogens with zero attached hydrogens (tertiary/aromatic N) is 3. The third-order valence-electron chi connectivity index (χ3n) is 4.18. The molecule has 0 bridgehead atoms. The molecule has 1 amide bonds. The van der Waals surface area contributed by atoms with Gasteiger partial charge >= 0.3 is 0 Å². The number of anilines is 1. The number of aromatic nitrogens is 2. The second-order valence-electron chi connectivity index (χ2n) is 6.18. The van der Waals surface area contributed by atoms with Crippen LogP contribution in [0.5, 0.6) is 0 Å². The molecule has 1 fully saturated rings.